The zero-order valence-corrected chi connectivity index (χ0v) is 13.5. The van der Waals surface area contributed by atoms with Crippen LogP contribution in [0.15, 0.2) is 17.0 Å². The van der Waals surface area contributed by atoms with Crippen molar-refractivity contribution in [2.45, 2.75) is 52.0 Å². The lowest BCUT2D eigenvalue weighted by Gasteiger charge is -2.20. The van der Waals surface area contributed by atoms with Crippen molar-refractivity contribution in [2.24, 2.45) is 5.92 Å². The Hall–Kier alpha value is -1.20. The van der Waals surface area contributed by atoms with E-state index in [4.69, 9.17) is 0 Å². The van der Waals surface area contributed by atoms with Crippen LogP contribution >= 0.6 is 0 Å². The van der Waals surface area contributed by atoms with Crippen LogP contribution in [0.25, 0.3) is 0 Å². The van der Waals surface area contributed by atoms with Gasteiger partial charge in [-0.2, -0.15) is 0 Å². The highest BCUT2D eigenvalue weighted by Gasteiger charge is 2.26. The normalized spacial score (nSPS) is 14.8. The van der Waals surface area contributed by atoms with E-state index in [9.17, 15) is 13.2 Å². The Kier molecular flexibility index (Phi) is 5.48. The van der Waals surface area contributed by atoms with Crippen molar-refractivity contribution >= 4 is 16.3 Å². The Bertz CT molecular complexity index is 570. The Morgan fingerprint density at radius 1 is 1.20 bits per heavy atom. The van der Waals surface area contributed by atoms with E-state index in [1.165, 1.54) is 0 Å². The van der Waals surface area contributed by atoms with Gasteiger partial charge in [-0.15, -0.1) is 0 Å². The number of hydrogen-bond donors (Lipinski definition) is 1. The molecule has 1 aromatic carbocycles. The first-order valence-corrected chi connectivity index (χ1v) is 8.26. The number of aryl methyl sites for hydroxylation is 3. The Balaban J connectivity index is 3.21. The molecule has 0 bridgehead atoms. The average Bonchev–Trinajstić information content (AvgIpc) is 2.33. The number of nitrogens with one attached hydrogen (secondary N) is 1. The zero-order valence-electron chi connectivity index (χ0n) is 12.7. The Morgan fingerprint density at radius 2 is 1.70 bits per heavy atom. The van der Waals surface area contributed by atoms with Crippen LogP contribution in [-0.4, -0.2) is 20.7 Å². The smallest absolute Gasteiger partial charge is 0.241 e. The van der Waals surface area contributed by atoms with Gasteiger partial charge in [-0.3, -0.25) is 0 Å². The molecule has 0 unspecified atom stereocenters. The van der Waals surface area contributed by atoms with Crippen LogP contribution < -0.4 is 4.72 Å². The summed E-state index contributed by atoms with van der Waals surface area (Å²) >= 11 is 0. The van der Waals surface area contributed by atoms with Crippen molar-refractivity contribution in [2.75, 3.05) is 0 Å². The molecule has 0 aliphatic carbocycles. The van der Waals surface area contributed by atoms with E-state index in [1.54, 1.807) is 13.8 Å². The van der Waals surface area contributed by atoms with E-state index < -0.39 is 16.1 Å². The zero-order chi connectivity index (χ0) is 15.5. The SMILES string of the molecule is CC[C@H](C)[C@@H](C=O)NS(=O)(=O)c1c(C)cc(C)cc1C. The molecule has 0 saturated carbocycles. The largest absolute Gasteiger partial charge is 0.302 e. The van der Waals surface area contributed by atoms with Crippen molar-refractivity contribution in [3.63, 3.8) is 0 Å². The topological polar surface area (TPSA) is 63.2 Å². The number of aldehydes is 1. The van der Waals surface area contributed by atoms with Gasteiger partial charge in [-0.1, -0.05) is 38.0 Å². The first kappa shape index (κ1) is 16.9. The lowest BCUT2D eigenvalue weighted by Crippen LogP contribution is -2.40. The maximum absolute atomic E-state index is 12.5. The van der Waals surface area contributed by atoms with E-state index >= 15 is 0 Å². The van der Waals surface area contributed by atoms with Crippen LogP contribution in [0.2, 0.25) is 0 Å². The highest BCUT2D eigenvalue weighted by Crippen LogP contribution is 2.22. The van der Waals surface area contributed by atoms with Gasteiger partial charge in [0.15, 0.2) is 0 Å². The molecule has 0 heterocycles. The molecule has 0 aliphatic heterocycles. The standard InChI is InChI=1S/C15H23NO3S/c1-6-11(3)14(9-17)16-20(18,19)15-12(4)7-10(2)8-13(15)5/h7-9,11,14,16H,6H2,1-5H3/t11-,14+/m0/s1. The monoisotopic (exact) mass is 297 g/mol. The fourth-order valence-electron chi connectivity index (χ4n) is 2.36. The predicted molar refractivity (Wildman–Crippen MR) is 80.3 cm³/mol. The first-order chi connectivity index (χ1) is 9.22. The quantitative estimate of drug-likeness (QED) is 0.821. The number of hydrogen-bond acceptors (Lipinski definition) is 3. The lowest BCUT2D eigenvalue weighted by atomic mass is 10.0. The summed E-state index contributed by atoms with van der Waals surface area (Å²) in [5.74, 6) is -0.0339. The summed E-state index contributed by atoms with van der Waals surface area (Å²) in [4.78, 5) is 11.4. The molecular formula is C15H23NO3S. The van der Waals surface area contributed by atoms with Gasteiger partial charge in [-0.25, -0.2) is 13.1 Å². The molecule has 112 valence electrons. The average molecular weight is 297 g/mol. The van der Waals surface area contributed by atoms with Gasteiger partial charge < -0.3 is 4.79 Å². The second kappa shape index (κ2) is 6.50. The predicted octanol–water partition coefficient (Wildman–Crippen LogP) is 2.50. The molecule has 0 amide bonds. The summed E-state index contributed by atoms with van der Waals surface area (Å²) in [7, 11) is -3.69. The maximum atomic E-state index is 12.5. The third-order valence-corrected chi connectivity index (χ3v) is 5.33. The van der Waals surface area contributed by atoms with Gasteiger partial charge in [-0.05, 0) is 37.8 Å². The van der Waals surface area contributed by atoms with Crippen molar-refractivity contribution < 1.29 is 13.2 Å². The van der Waals surface area contributed by atoms with Crippen LogP contribution in [0.3, 0.4) is 0 Å². The Morgan fingerprint density at radius 3 is 2.10 bits per heavy atom. The van der Waals surface area contributed by atoms with Crippen molar-refractivity contribution in [3.05, 3.63) is 28.8 Å². The summed E-state index contributed by atoms with van der Waals surface area (Å²) in [6.07, 6.45) is 1.41. The molecule has 1 N–H and O–H groups in total. The molecule has 1 aromatic rings. The third kappa shape index (κ3) is 3.67. The third-order valence-electron chi connectivity index (χ3n) is 3.57. The molecule has 0 aliphatic rings. The van der Waals surface area contributed by atoms with E-state index in [0.29, 0.717) is 17.4 Å². The number of sulfonamides is 1. The molecule has 1 rings (SSSR count). The lowest BCUT2D eigenvalue weighted by molar-refractivity contribution is -0.110. The fourth-order valence-corrected chi connectivity index (χ4v) is 4.09. The van der Waals surface area contributed by atoms with Crippen LogP contribution in [-0.2, 0) is 14.8 Å². The van der Waals surface area contributed by atoms with Gasteiger partial charge in [0.1, 0.15) is 6.29 Å². The van der Waals surface area contributed by atoms with E-state index in [-0.39, 0.29) is 10.8 Å². The molecule has 0 spiro atoms. The van der Waals surface area contributed by atoms with Gasteiger partial charge >= 0.3 is 0 Å². The minimum Gasteiger partial charge on any atom is -0.302 e. The molecule has 0 saturated heterocycles. The van der Waals surface area contributed by atoms with Crippen LogP contribution in [0.1, 0.15) is 37.0 Å². The van der Waals surface area contributed by atoms with Gasteiger partial charge in [0, 0.05) is 0 Å². The molecular weight excluding hydrogens is 274 g/mol. The van der Waals surface area contributed by atoms with Gasteiger partial charge in [0.2, 0.25) is 10.0 Å². The van der Waals surface area contributed by atoms with Crippen molar-refractivity contribution in [1.29, 1.82) is 0 Å². The van der Waals surface area contributed by atoms with Crippen molar-refractivity contribution in [3.8, 4) is 0 Å². The summed E-state index contributed by atoms with van der Waals surface area (Å²) in [5.41, 5.74) is 2.42. The van der Waals surface area contributed by atoms with E-state index in [0.717, 1.165) is 12.0 Å². The van der Waals surface area contributed by atoms with Crippen LogP contribution in [0, 0.1) is 26.7 Å². The van der Waals surface area contributed by atoms with Gasteiger partial charge in [0.05, 0.1) is 10.9 Å². The molecule has 0 fully saturated rings. The van der Waals surface area contributed by atoms with E-state index in [2.05, 4.69) is 4.72 Å². The molecule has 0 radical (unpaired) electrons. The molecule has 2 atom stereocenters. The second-order valence-electron chi connectivity index (χ2n) is 5.40. The first-order valence-electron chi connectivity index (χ1n) is 6.78. The number of carbonyl (C=O) groups excluding carboxylic acids is 1. The number of carbonyl (C=O) groups is 1. The van der Waals surface area contributed by atoms with Crippen LogP contribution in [0.5, 0.6) is 0 Å². The summed E-state index contributed by atoms with van der Waals surface area (Å²) in [6, 6.07) is 2.98. The highest BCUT2D eigenvalue weighted by molar-refractivity contribution is 7.89. The molecule has 4 nitrogen and oxygen atoms in total. The summed E-state index contributed by atoms with van der Waals surface area (Å²) in [5, 5.41) is 0. The second-order valence-corrected chi connectivity index (χ2v) is 7.05. The summed E-state index contributed by atoms with van der Waals surface area (Å²) < 4.78 is 27.5. The minimum absolute atomic E-state index is 0.0339. The van der Waals surface area contributed by atoms with Gasteiger partial charge in [0.25, 0.3) is 0 Å². The number of benzene rings is 1. The molecule has 20 heavy (non-hydrogen) atoms. The highest BCUT2D eigenvalue weighted by atomic mass is 32.2. The Labute approximate surface area is 121 Å². The van der Waals surface area contributed by atoms with E-state index in [1.807, 2.05) is 32.9 Å². The summed E-state index contributed by atoms with van der Waals surface area (Å²) in [6.45, 7) is 9.26. The minimum atomic E-state index is -3.69. The van der Waals surface area contributed by atoms with Crippen molar-refractivity contribution in [1.82, 2.24) is 4.72 Å². The molecule has 0 aromatic heterocycles. The van der Waals surface area contributed by atoms with Crippen LogP contribution in [0.4, 0.5) is 0 Å². The maximum Gasteiger partial charge on any atom is 0.241 e. The molecule has 5 heteroatoms. The number of rotatable bonds is 6. The fraction of sp³-hybridized carbons (Fsp3) is 0.533.